The number of fused-ring (bicyclic) bond motifs is 16. The number of benzene rings is 3. The molecule has 10 aromatic rings. The second-order valence-corrected chi connectivity index (χ2v) is 28.1. The third kappa shape index (κ3) is 9.93. The number of carbonyl (C=O) groups is 2. The highest BCUT2D eigenvalue weighted by molar-refractivity contribution is 7.34. The van der Waals surface area contributed by atoms with Crippen molar-refractivity contribution in [1.82, 2.24) is 17.9 Å². The Morgan fingerprint density at radius 2 is 1.00 bits per heavy atom. The second kappa shape index (κ2) is 24.7. The molecule has 2 aliphatic rings. The fourth-order valence-electron chi connectivity index (χ4n) is 13.1. The molecule has 3 aromatic carbocycles. The highest BCUT2D eigenvalue weighted by atomic mass is 32.1. The lowest BCUT2D eigenvalue weighted by Crippen LogP contribution is -2.11. The van der Waals surface area contributed by atoms with Gasteiger partial charge in [-0.3, -0.25) is 9.59 Å². The van der Waals surface area contributed by atoms with E-state index in [0.29, 0.717) is 24.4 Å². The smallest absolute Gasteiger partial charge is 0.194 e. The van der Waals surface area contributed by atoms with Crippen LogP contribution in [0.5, 0.6) is 0 Å². The van der Waals surface area contributed by atoms with E-state index in [9.17, 15) is 43.8 Å². The Kier molecular flexibility index (Phi) is 17.1. The monoisotopic (exact) mass is 1270 g/mol. The first-order valence-electron chi connectivity index (χ1n) is 30.3. The molecule has 0 bridgehead atoms. The van der Waals surface area contributed by atoms with Gasteiger partial charge in [0.05, 0.1) is 62.0 Å². The number of rotatable bonds is 21. The van der Waals surface area contributed by atoms with Crippen LogP contribution in [0.4, 0.5) is 17.6 Å². The molecule has 12 rings (SSSR count). The molecule has 0 saturated heterocycles. The number of allylic oxidation sites excluding steroid dienone is 6. The van der Waals surface area contributed by atoms with Crippen LogP contribution in [0.15, 0.2) is 46.6 Å². The SMILES string of the molecule is CCCCCCCCCCCc1c(/C=C2\C(=O)c3cc(F)c(F)cc3C2=C(C#N)C#N)sc2c1sc1c3c4nsnc4c4c5sc6c(C)c(/C=C7\C(=O)c8cc(F)c(F)cc8C7=C(C#N)C#N)sc6c5n(CC(CC)CCCC)c4c3n(CC(C)CC)c21. The van der Waals surface area contributed by atoms with E-state index in [-0.39, 0.29) is 67.5 Å². The molecule has 0 fully saturated rings. The normalized spacial score (nSPS) is 14.9. The average Bonchev–Trinajstić information content (AvgIpc) is 1.51. The standard InChI is InChI=1S/C69H60F4N8O2S5/c1-7-11-13-14-15-16-17-18-19-21-39-51(27-45-53(38(30-76)31-77)41-23-47(71)49(73)25-43(41)63(45)83)85-69-61-67(87-65(39)69)54-56-57(79-88-78-56)55-59(58(54)80(61)32-34(5)9-3)81(33-36(10-4)20-12-8-2)60-66(55)86-64-35(6)50(84-68(60)64)26-44-52(37(28-74)29-75)40-22-46(70)48(72)24-42(40)62(44)82/h22-27,34,36H,7-21,32-33H2,1-6H3/b44-26-,45-27-. The first-order valence-corrected chi connectivity index (χ1v) is 34.3. The first-order chi connectivity index (χ1) is 42.7. The zero-order valence-electron chi connectivity index (χ0n) is 49.6. The van der Waals surface area contributed by atoms with Crippen LogP contribution in [-0.2, 0) is 19.5 Å². The highest BCUT2D eigenvalue weighted by Gasteiger charge is 2.38. The molecule has 0 radical (unpaired) electrons. The zero-order chi connectivity index (χ0) is 62.0. The predicted octanol–water partition coefficient (Wildman–Crippen LogP) is 20.8. The number of carbonyl (C=O) groups excluding carboxylic acids is 2. The fraction of sp³-hybridized carbons (Fsp3) is 0.362. The third-order valence-electron chi connectivity index (χ3n) is 18.0. The van der Waals surface area contributed by atoms with Gasteiger partial charge in [-0.05, 0) is 96.7 Å². The minimum Gasteiger partial charge on any atom is -0.337 e. The number of unbranched alkanes of at least 4 members (excludes halogenated alkanes) is 9. The molecule has 2 aliphatic carbocycles. The summed E-state index contributed by atoms with van der Waals surface area (Å²) >= 11 is 7.60. The van der Waals surface area contributed by atoms with Crippen LogP contribution in [0.3, 0.4) is 0 Å². The molecule has 0 amide bonds. The summed E-state index contributed by atoms with van der Waals surface area (Å²) in [5.41, 5.74) is 6.75. The quantitative estimate of drug-likeness (QED) is 0.0297. The zero-order valence-corrected chi connectivity index (χ0v) is 53.7. The molecule has 7 aromatic heterocycles. The molecule has 0 spiro atoms. The van der Waals surface area contributed by atoms with Gasteiger partial charge in [0.15, 0.2) is 34.8 Å². The lowest BCUT2D eigenvalue weighted by atomic mass is 9.98. The van der Waals surface area contributed by atoms with Crippen molar-refractivity contribution in [3.8, 4) is 24.3 Å². The Bertz CT molecular complexity index is 4890. The molecule has 0 N–H and O–H groups in total. The minimum atomic E-state index is -1.21. The number of ketones is 2. The van der Waals surface area contributed by atoms with E-state index in [4.69, 9.17) is 8.75 Å². The summed E-state index contributed by atoms with van der Waals surface area (Å²) in [6.45, 7) is 14.4. The van der Waals surface area contributed by atoms with Crippen molar-refractivity contribution in [3.63, 3.8) is 0 Å². The number of halogens is 4. The van der Waals surface area contributed by atoms with Gasteiger partial charge in [-0.25, -0.2) is 17.6 Å². The number of hydrogen-bond donors (Lipinski definition) is 0. The van der Waals surface area contributed by atoms with Crippen molar-refractivity contribution in [2.45, 2.75) is 151 Å². The first kappa shape index (κ1) is 60.7. The Hall–Kier alpha value is -7.62. The maximum atomic E-state index is 15.1. The topological polar surface area (TPSA) is 165 Å². The third-order valence-corrected chi connectivity index (χ3v) is 23.8. The largest absolute Gasteiger partial charge is 0.337 e. The summed E-state index contributed by atoms with van der Waals surface area (Å²) in [6.07, 6.45) is 19.2. The molecule has 0 aliphatic heterocycles. The van der Waals surface area contributed by atoms with Crippen LogP contribution in [-0.4, -0.2) is 29.4 Å². The van der Waals surface area contributed by atoms with Crippen LogP contribution in [0.1, 0.15) is 177 Å². The molecule has 2 unspecified atom stereocenters. The molecule has 2 atom stereocenters. The lowest BCUT2D eigenvalue weighted by molar-refractivity contribution is 0.103. The van der Waals surface area contributed by atoms with Crippen LogP contribution >= 0.6 is 57.1 Å². The van der Waals surface area contributed by atoms with Crippen molar-refractivity contribution < 1.29 is 27.2 Å². The van der Waals surface area contributed by atoms with E-state index in [2.05, 4.69) is 43.8 Å². The van der Waals surface area contributed by atoms with Gasteiger partial charge < -0.3 is 9.13 Å². The molecule has 19 heteroatoms. The fourth-order valence-corrected chi connectivity index (χ4v) is 19.5. The van der Waals surface area contributed by atoms with Gasteiger partial charge in [-0.15, -0.1) is 45.3 Å². The van der Waals surface area contributed by atoms with Crippen molar-refractivity contribution >= 4 is 164 Å². The molecular weight excluding hydrogens is 1210 g/mol. The van der Waals surface area contributed by atoms with E-state index in [0.717, 1.165) is 170 Å². The van der Waals surface area contributed by atoms with Gasteiger partial charge >= 0.3 is 0 Å². The number of Topliss-reactive ketones (excluding diaryl/α,β-unsaturated/α-hetero) is 2. The number of thiophene rings is 4. The molecule has 7 heterocycles. The van der Waals surface area contributed by atoms with Gasteiger partial charge in [0, 0.05) is 67.0 Å². The molecule has 0 saturated carbocycles. The predicted molar refractivity (Wildman–Crippen MR) is 352 cm³/mol. The van der Waals surface area contributed by atoms with Crippen LogP contribution in [0.2, 0.25) is 0 Å². The summed E-state index contributed by atoms with van der Waals surface area (Å²) in [4.78, 5) is 30.3. The summed E-state index contributed by atoms with van der Waals surface area (Å²) in [6, 6.07) is 11.1. The minimum absolute atomic E-state index is 0.000577. The van der Waals surface area contributed by atoms with Crippen molar-refractivity contribution in [3.05, 3.63) is 113 Å². The van der Waals surface area contributed by atoms with Crippen molar-refractivity contribution in [2.75, 3.05) is 0 Å². The summed E-state index contributed by atoms with van der Waals surface area (Å²) in [7, 11) is 0. The van der Waals surface area contributed by atoms with Crippen LogP contribution in [0, 0.1) is 87.4 Å². The van der Waals surface area contributed by atoms with Crippen molar-refractivity contribution in [1.29, 1.82) is 21.0 Å². The van der Waals surface area contributed by atoms with Gasteiger partial charge in [0.1, 0.15) is 46.5 Å². The summed E-state index contributed by atoms with van der Waals surface area (Å²) in [5, 5.41) is 42.9. The van der Waals surface area contributed by atoms with Crippen LogP contribution in [0.25, 0.3) is 95.4 Å². The molecular formula is C69H60F4N8O2S5. The second-order valence-electron chi connectivity index (χ2n) is 23.4. The van der Waals surface area contributed by atoms with Gasteiger partial charge in [-0.1, -0.05) is 112 Å². The van der Waals surface area contributed by atoms with E-state index in [1.54, 1.807) is 46.2 Å². The Morgan fingerprint density at radius 3 is 1.50 bits per heavy atom. The van der Waals surface area contributed by atoms with E-state index in [1.807, 2.05) is 31.2 Å². The summed E-state index contributed by atoms with van der Waals surface area (Å²) in [5.74, 6) is -5.47. The molecule has 10 nitrogen and oxygen atoms in total. The van der Waals surface area contributed by atoms with Crippen molar-refractivity contribution in [2.24, 2.45) is 11.8 Å². The Balaban J connectivity index is 1.13. The Morgan fingerprint density at radius 1 is 0.545 bits per heavy atom. The van der Waals surface area contributed by atoms with E-state index >= 15 is 4.39 Å². The number of aryl methyl sites for hydroxylation is 2. The highest BCUT2D eigenvalue weighted by Crippen LogP contribution is 2.56. The molecule has 446 valence electrons. The number of aromatic nitrogens is 4. The number of hydrogen-bond acceptors (Lipinski definition) is 13. The maximum absolute atomic E-state index is 15.1. The van der Waals surface area contributed by atoms with Crippen LogP contribution < -0.4 is 0 Å². The maximum Gasteiger partial charge on any atom is 0.194 e. The summed E-state index contributed by atoms with van der Waals surface area (Å²) < 4.78 is 81.2. The van der Waals surface area contributed by atoms with Gasteiger partial charge in [0.25, 0.3) is 0 Å². The van der Waals surface area contributed by atoms with Gasteiger partial charge in [-0.2, -0.15) is 29.8 Å². The Labute approximate surface area is 526 Å². The number of nitriles is 4. The van der Waals surface area contributed by atoms with Gasteiger partial charge in [0.2, 0.25) is 0 Å². The number of nitrogens with zero attached hydrogens (tertiary/aromatic N) is 8. The van der Waals surface area contributed by atoms with E-state index < -0.39 is 34.8 Å². The van der Waals surface area contributed by atoms with E-state index in [1.165, 1.54) is 55.2 Å². The lowest BCUT2D eigenvalue weighted by Gasteiger charge is -2.19. The molecule has 88 heavy (non-hydrogen) atoms. The average molecular weight is 1270 g/mol.